The Bertz CT molecular complexity index is 1070. The van der Waals surface area contributed by atoms with Crippen LogP contribution in [0.1, 0.15) is 49.5 Å². The van der Waals surface area contributed by atoms with E-state index in [1.54, 1.807) is 13.8 Å². The zero-order valence-electron chi connectivity index (χ0n) is 22.0. The van der Waals surface area contributed by atoms with Gasteiger partial charge in [-0.2, -0.15) is 0 Å². The largest absolute Gasteiger partial charge is 0.396 e. The van der Waals surface area contributed by atoms with E-state index >= 15 is 0 Å². The predicted octanol–water partition coefficient (Wildman–Crippen LogP) is 0.747. The first kappa shape index (κ1) is 31.5. The van der Waals surface area contributed by atoms with Gasteiger partial charge in [0.05, 0.1) is 24.2 Å². The van der Waals surface area contributed by atoms with Gasteiger partial charge in [0.15, 0.2) is 0 Å². The summed E-state index contributed by atoms with van der Waals surface area (Å²) in [6.07, 6.45) is 5.01. The Morgan fingerprint density at radius 2 is 1.18 bits per heavy atom. The Labute approximate surface area is 229 Å². The molecule has 0 bridgehead atoms. The van der Waals surface area contributed by atoms with E-state index in [0.29, 0.717) is 48.4 Å². The standard InChI is InChI=1S/C24H36N6O6S2/c1-15(29(13-33)11-19-9-25-17(3)27-23(19)35)21(5-7-31)37-38-22(6-8-32)16(2)30(14-34)12-20-10-26-18(4)28-24(20)36/h9-10,13-16,21-22,31-32H,5-8,11-12H2,1-4H3,(H,25,27,35)(H,26,28,36). The van der Waals surface area contributed by atoms with Crippen molar-refractivity contribution in [1.29, 1.82) is 0 Å². The molecule has 4 N–H and O–H groups in total. The summed E-state index contributed by atoms with van der Waals surface area (Å²) in [5.41, 5.74) is 0.0734. The normalized spacial score (nSPS) is 14.4. The van der Waals surface area contributed by atoms with E-state index in [0.717, 1.165) is 0 Å². The van der Waals surface area contributed by atoms with E-state index in [9.17, 15) is 29.4 Å². The van der Waals surface area contributed by atoms with E-state index in [4.69, 9.17) is 0 Å². The summed E-state index contributed by atoms with van der Waals surface area (Å²) < 4.78 is 0. The molecule has 4 unspecified atom stereocenters. The molecule has 0 aliphatic carbocycles. The molecule has 2 aromatic heterocycles. The number of amides is 2. The second-order valence-corrected chi connectivity index (χ2v) is 11.7. The molecule has 0 aliphatic rings. The first-order chi connectivity index (χ1) is 18.1. The van der Waals surface area contributed by atoms with Gasteiger partial charge in [0.25, 0.3) is 11.1 Å². The van der Waals surface area contributed by atoms with Crippen molar-refractivity contribution in [3.05, 3.63) is 55.9 Å². The van der Waals surface area contributed by atoms with Crippen molar-refractivity contribution in [2.75, 3.05) is 13.2 Å². The van der Waals surface area contributed by atoms with Crippen molar-refractivity contribution in [1.82, 2.24) is 29.7 Å². The van der Waals surface area contributed by atoms with Gasteiger partial charge in [-0.05, 0) is 40.5 Å². The average molecular weight is 569 g/mol. The Kier molecular flexibility index (Phi) is 13.0. The molecule has 4 atom stereocenters. The quantitative estimate of drug-likeness (QED) is 0.158. The second kappa shape index (κ2) is 15.7. The smallest absolute Gasteiger partial charge is 0.255 e. The monoisotopic (exact) mass is 568 g/mol. The maximum Gasteiger partial charge on any atom is 0.255 e. The lowest BCUT2D eigenvalue weighted by atomic mass is 10.1. The third kappa shape index (κ3) is 8.96. The van der Waals surface area contributed by atoms with Crippen molar-refractivity contribution in [2.45, 2.75) is 76.2 Å². The van der Waals surface area contributed by atoms with Crippen LogP contribution in [0.25, 0.3) is 0 Å². The fourth-order valence-electron chi connectivity index (χ4n) is 3.76. The highest BCUT2D eigenvalue weighted by Crippen LogP contribution is 2.39. The average Bonchev–Trinajstić information content (AvgIpc) is 2.88. The van der Waals surface area contributed by atoms with E-state index in [2.05, 4.69) is 19.9 Å². The number of aliphatic hydroxyl groups is 2. The number of nitrogens with one attached hydrogen (secondary N) is 2. The van der Waals surface area contributed by atoms with Crippen LogP contribution in [0.15, 0.2) is 22.0 Å². The van der Waals surface area contributed by atoms with Gasteiger partial charge in [0.2, 0.25) is 12.8 Å². The van der Waals surface area contributed by atoms with Crippen LogP contribution in [-0.4, -0.2) is 88.6 Å². The molecule has 2 rings (SSSR count). The van der Waals surface area contributed by atoms with Gasteiger partial charge in [-0.25, -0.2) is 9.97 Å². The van der Waals surface area contributed by atoms with Crippen molar-refractivity contribution in [3.63, 3.8) is 0 Å². The Morgan fingerprint density at radius 3 is 1.47 bits per heavy atom. The van der Waals surface area contributed by atoms with E-state index < -0.39 is 0 Å². The molecule has 0 aromatic carbocycles. The predicted molar refractivity (Wildman–Crippen MR) is 147 cm³/mol. The van der Waals surface area contributed by atoms with Crippen LogP contribution >= 0.6 is 21.6 Å². The first-order valence-electron chi connectivity index (χ1n) is 12.2. The molecule has 0 fully saturated rings. The van der Waals surface area contributed by atoms with Crippen LogP contribution < -0.4 is 11.1 Å². The summed E-state index contributed by atoms with van der Waals surface area (Å²) in [7, 11) is 2.90. The zero-order chi connectivity index (χ0) is 28.2. The van der Waals surface area contributed by atoms with Crippen LogP contribution in [0.2, 0.25) is 0 Å². The highest BCUT2D eigenvalue weighted by molar-refractivity contribution is 8.77. The molecule has 2 aromatic rings. The van der Waals surface area contributed by atoms with Crippen molar-refractivity contribution in [3.8, 4) is 0 Å². The van der Waals surface area contributed by atoms with Gasteiger partial charge in [-0.3, -0.25) is 19.2 Å². The maximum absolute atomic E-state index is 12.3. The Balaban J connectivity index is 2.14. The minimum atomic E-state index is -0.345. The highest BCUT2D eigenvalue weighted by Gasteiger charge is 2.29. The van der Waals surface area contributed by atoms with Crippen LogP contribution in [0.5, 0.6) is 0 Å². The zero-order valence-corrected chi connectivity index (χ0v) is 23.6. The van der Waals surface area contributed by atoms with Gasteiger partial charge in [-0.1, -0.05) is 21.6 Å². The molecule has 2 amide bonds. The Hall–Kier alpha value is -2.68. The number of hydrogen-bond donors (Lipinski definition) is 4. The van der Waals surface area contributed by atoms with Crippen LogP contribution in [0.4, 0.5) is 0 Å². The van der Waals surface area contributed by atoms with Crippen LogP contribution in [-0.2, 0) is 22.7 Å². The van der Waals surface area contributed by atoms with Gasteiger partial charge in [0, 0.05) is 48.2 Å². The third-order valence-electron chi connectivity index (χ3n) is 6.23. The number of H-pyrrole nitrogens is 2. The number of nitrogens with zero attached hydrogens (tertiary/aromatic N) is 4. The second-order valence-electron chi connectivity index (χ2n) is 8.98. The third-order valence-corrected chi connectivity index (χ3v) is 9.91. The first-order valence-corrected chi connectivity index (χ1v) is 14.5. The van der Waals surface area contributed by atoms with Gasteiger partial charge in [0.1, 0.15) is 11.6 Å². The SMILES string of the molecule is Cc1ncc(CN(C=O)C(C)C(CCO)SSC(CCO)C(C)N(C=O)Cc2cnc(C)[nH]c2=O)c(=O)[nH]1. The fraction of sp³-hybridized carbons (Fsp3) is 0.583. The lowest BCUT2D eigenvalue weighted by molar-refractivity contribution is -0.121. The molecule has 0 radical (unpaired) electrons. The lowest BCUT2D eigenvalue weighted by Gasteiger charge is -2.34. The number of hydrogen-bond acceptors (Lipinski definition) is 10. The minimum Gasteiger partial charge on any atom is -0.396 e. The molecule has 0 spiro atoms. The summed E-state index contributed by atoms with van der Waals surface area (Å²) in [4.78, 5) is 64.9. The lowest BCUT2D eigenvalue weighted by Crippen LogP contribution is -2.42. The molecule has 210 valence electrons. The number of carbonyl (C=O) groups is 2. The summed E-state index contributed by atoms with van der Waals surface area (Å²) in [6, 6.07) is -0.690. The van der Waals surface area contributed by atoms with Crippen molar-refractivity contribution >= 4 is 34.4 Å². The van der Waals surface area contributed by atoms with Gasteiger partial charge in [-0.15, -0.1) is 0 Å². The molecule has 12 nitrogen and oxygen atoms in total. The topological polar surface area (TPSA) is 173 Å². The molecular formula is C24H36N6O6S2. The number of aliphatic hydroxyl groups excluding tert-OH is 2. The summed E-state index contributed by atoms with van der Waals surface area (Å²) in [6.45, 7) is 6.94. The number of aromatic amines is 2. The highest BCUT2D eigenvalue weighted by atomic mass is 33.1. The molecule has 0 aliphatic heterocycles. The summed E-state index contributed by atoms with van der Waals surface area (Å²) >= 11 is 0. The molecule has 2 heterocycles. The molecule has 0 saturated carbocycles. The van der Waals surface area contributed by atoms with E-state index in [-0.39, 0.29) is 60.0 Å². The number of carbonyl (C=O) groups excluding carboxylic acids is 2. The fourth-order valence-corrected chi connectivity index (χ4v) is 7.48. The van der Waals surface area contributed by atoms with Crippen molar-refractivity contribution in [2.24, 2.45) is 0 Å². The Morgan fingerprint density at radius 1 is 0.816 bits per heavy atom. The maximum atomic E-state index is 12.3. The van der Waals surface area contributed by atoms with Gasteiger partial charge >= 0.3 is 0 Å². The van der Waals surface area contributed by atoms with E-state index in [1.165, 1.54) is 43.8 Å². The van der Waals surface area contributed by atoms with Crippen LogP contribution in [0, 0.1) is 13.8 Å². The number of rotatable bonds is 17. The van der Waals surface area contributed by atoms with Crippen LogP contribution in [0.3, 0.4) is 0 Å². The van der Waals surface area contributed by atoms with Gasteiger partial charge < -0.3 is 30.0 Å². The van der Waals surface area contributed by atoms with Crippen molar-refractivity contribution < 1.29 is 19.8 Å². The van der Waals surface area contributed by atoms with E-state index in [1.807, 2.05) is 13.8 Å². The summed E-state index contributed by atoms with van der Waals surface area (Å²) in [5.74, 6) is 0.956. The molecule has 38 heavy (non-hydrogen) atoms. The molecule has 0 saturated heterocycles. The summed E-state index contributed by atoms with van der Waals surface area (Å²) in [5, 5.41) is 19.0. The minimum absolute atomic E-state index is 0.0644. The number of aromatic nitrogens is 4. The molecule has 14 heteroatoms. The number of aryl methyl sites for hydroxylation is 2. The molecular weight excluding hydrogens is 532 g/mol.